The molecule has 0 aliphatic heterocycles. The minimum atomic E-state index is 0.428. The monoisotopic (exact) mass is 243 g/mol. The Bertz CT molecular complexity index is 595. The molecule has 2 aromatic rings. The number of aryl methyl sites for hydroxylation is 1. The average molecular weight is 243 g/mol. The summed E-state index contributed by atoms with van der Waals surface area (Å²) >= 11 is 0. The molecule has 1 fully saturated rings. The molecule has 96 valence electrons. The fourth-order valence-electron chi connectivity index (χ4n) is 3.28. The molecule has 1 aromatic carbocycles. The van der Waals surface area contributed by atoms with Crippen molar-refractivity contribution >= 4 is 17.0 Å². The number of imidazole rings is 1. The number of fused-ring (bicyclic) bond motifs is 1. The first-order chi connectivity index (χ1) is 8.48. The molecule has 1 aliphatic carbocycles. The van der Waals surface area contributed by atoms with Gasteiger partial charge >= 0.3 is 0 Å². The summed E-state index contributed by atoms with van der Waals surface area (Å²) in [5, 5.41) is 0. The highest BCUT2D eigenvalue weighted by Gasteiger charge is 2.33. The maximum atomic E-state index is 6.14. The molecule has 0 bridgehead atoms. The molecule has 3 nitrogen and oxygen atoms in total. The number of rotatable bonds is 1. The number of benzene rings is 1. The summed E-state index contributed by atoms with van der Waals surface area (Å²) in [7, 11) is 0. The van der Waals surface area contributed by atoms with Gasteiger partial charge in [0.25, 0.3) is 0 Å². The molecule has 1 aromatic heterocycles. The van der Waals surface area contributed by atoms with Gasteiger partial charge in [-0.15, -0.1) is 0 Å². The van der Waals surface area contributed by atoms with Gasteiger partial charge in [-0.3, -0.25) is 0 Å². The maximum Gasteiger partial charge on any atom is 0.201 e. The molecule has 1 aliphatic rings. The lowest BCUT2D eigenvalue weighted by Gasteiger charge is -2.19. The molecule has 0 amide bonds. The predicted octanol–water partition coefficient (Wildman–Crippen LogP) is 3.68. The highest BCUT2D eigenvalue weighted by atomic mass is 15.2. The summed E-state index contributed by atoms with van der Waals surface area (Å²) in [5.41, 5.74) is 10.0. The van der Waals surface area contributed by atoms with E-state index in [-0.39, 0.29) is 0 Å². The smallest absolute Gasteiger partial charge is 0.201 e. The van der Waals surface area contributed by atoms with Crippen molar-refractivity contribution in [2.24, 2.45) is 5.41 Å². The van der Waals surface area contributed by atoms with Crippen LogP contribution >= 0.6 is 0 Å². The van der Waals surface area contributed by atoms with Crippen LogP contribution in [-0.2, 0) is 0 Å². The normalized spacial score (nSPS) is 22.7. The van der Waals surface area contributed by atoms with E-state index >= 15 is 0 Å². The third kappa shape index (κ3) is 1.69. The molecule has 1 atom stereocenters. The number of hydrogen-bond donors (Lipinski definition) is 1. The standard InChI is InChI=1S/C15H21N3/c1-10-5-4-6-12-13(10)17-14(16)18(12)11-7-8-15(2,3)9-11/h4-6,11H,7-9H2,1-3H3,(H2,16,17). The molecule has 3 heteroatoms. The SMILES string of the molecule is Cc1cccc2c1nc(N)n2C1CCC(C)(C)C1. The van der Waals surface area contributed by atoms with Crippen LogP contribution in [0.5, 0.6) is 0 Å². The zero-order valence-electron chi connectivity index (χ0n) is 11.4. The van der Waals surface area contributed by atoms with Crippen LogP contribution in [0.2, 0.25) is 0 Å². The van der Waals surface area contributed by atoms with Crippen molar-refractivity contribution in [1.82, 2.24) is 9.55 Å². The number of anilines is 1. The highest BCUT2D eigenvalue weighted by Crippen LogP contribution is 2.45. The summed E-state index contributed by atoms with van der Waals surface area (Å²) in [6.07, 6.45) is 3.66. The first-order valence-electron chi connectivity index (χ1n) is 6.71. The van der Waals surface area contributed by atoms with Crippen LogP contribution in [-0.4, -0.2) is 9.55 Å². The van der Waals surface area contributed by atoms with Crippen LogP contribution < -0.4 is 5.73 Å². The van der Waals surface area contributed by atoms with Crippen molar-refractivity contribution in [3.8, 4) is 0 Å². The quantitative estimate of drug-likeness (QED) is 0.830. The lowest BCUT2D eigenvalue weighted by Crippen LogP contribution is -2.11. The molecule has 0 radical (unpaired) electrons. The minimum absolute atomic E-state index is 0.428. The lowest BCUT2D eigenvalue weighted by atomic mass is 9.92. The van der Waals surface area contributed by atoms with Crippen molar-refractivity contribution in [2.45, 2.75) is 46.1 Å². The van der Waals surface area contributed by atoms with E-state index in [0.29, 0.717) is 17.4 Å². The van der Waals surface area contributed by atoms with Gasteiger partial charge in [0.2, 0.25) is 5.95 Å². The first-order valence-corrected chi connectivity index (χ1v) is 6.71. The molecular formula is C15H21N3. The third-order valence-electron chi connectivity index (χ3n) is 4.26. The Kier molecular flexibility index (Phi) is 2.40. The van der Waals surface area contributed by atoms with E-state index in [0.717, 1.165) is 5.52 Å². The molecule has 1 saturated carbocycles. The number of nitrogens with two attached hydrogens (primary N) is 1. The third-order valence-corrected chi connectivity index (χ3v) is 4.26. The van der Waals surface area contributed by atoms with E-state index in [2.05, 4.69) is 48.5 Å². The van der Waals surface area contributed by atoms with Crippen LogP contribution in [0.15, 0.2) is 18.2 Å². The second kappa shape index (κ2) is 3.74. The van der Waals surface area contributed by atoms with Crippen LogP contribution in [0.4, 0.5) is 5.95 Å². The van der Waals surface area contributed by atoms with Gasteiger partial charge in [-0.2, -0.15) is 0 Å². The molecule has 1 heterocycles. The summed E-state index contributed by atoms with van der Waals surface area (Å²) in [6.45, 7) is 6.78. The minimum Gasteiger partial charge on any atom is -0.369 e. The molecule has 3 rings (SSSR count). The van der Waals surface area contributed by atoms with Crippen molar-refractivity contribution in [3.63, 3.8) is 0 Å². The number of para-hydroxylation sites is 1. The Morgan fingerprint density at radius 3 is 2.83 bits per heavy atom. The van der Waals surface area contributed by atoms with E-state index in [4.69, 9.17) is 5.73 Å². The summed E-state index contributed by atoms with van der Waals surface area (Å²) in [4.78, 5) is 4.55. The lowest BCUT2D eigenvalue weighted by molar-refractivity contribution is 0.361. The van der Waals surface area contributed by atoms with E-state index in [1.807, 2.05) is 0 Å². The Labute approximate surface area is 108 Å². The van der Waals surface area contributed by atoms with Crippen molar-refractivity contribution in [2.75, 3.05) is 5.73 Å². The number of aromatic nitrogens is 2. The zero-order valence-corrected chi connectivity index (χ0v) is 11.4. The van der Waals surface area contributed by atoms with Crippen LogP contribution in [0.1, 0.15) is 44.7 Å². The fourth-order valence-corrected chi connectivity index (χ4v) is 3.28. The Hall–Kier alpha value is -1.51. The van der Waals surface area contributed by atoms with Gasteiger partial charge in [-0.25, -0.2) is 4.98 Å². The van der Waals surface area contributed by atoms with E-state index in [1.165, 1.54) is 30.3 Å². The van der Waals surface area contributed by atoms with Crippen LogP contribution in [0.25, 0.3) is 11.0 Å². The second-order valence-electron chi connectivity index (χ2n) is 6.34. The largest absolute Gasteiger partial charge is 0.369 e. The topological polar surface area (TPSA) is 43.8 Å². The Morgan fingerprint density at radius 1 is 1.39 bits per heavy atom. The molecule has 18 heavy (non-hydrogen) atoms. The second-order valence-corrected chi connectivity index (χ2v) is 6.34. The van der Waals surface area contributed by atoms with Crippen molar-refractivity contribution in [3.05, 3.63) is 23.8 Å². The van der Waals surface area contributed by atoms with Gasteiger partial charge in [0, 0.05) is 6.04 Å². The molecule has 0 saturated heterocycles. The van der Waals surface area contributed by atoms with Gasteiger partial charge in [-0.1, -0.05) is 26.0 Å². The van der Waals surface area contributed by atoms with E-state index in [1.54, 1.807) is 0 Å². The number of hydrogen-bond acceptors (Lipinski definition) is 2. The molecule has 1 unspecified atom stereocenters. The average Bonchev–Trinajstić information content (AvgIpc) is 2.79. The van der Waals surface area contributed by atoms with Crippen LogP contribution in [0.3, 0.4) is 0 Å². The van der Waals surface area contributed by atoms with Crippen molar-refractivity contribution < 1.29 is 0 Å². The Balaban J connectivity index is 2.12. The van der Waals surface area contributed by atoms with E-state index < -0.39 is 0 Å². The molecule has 0 spiro atoms. The van der Waals surface area contributed by atoms with Gasteiger partial charge in [0.05, 0.1) is 11.0 Å². The molecule has 2 N–H and O–H groups in total. The van der Waals surface area contributed by atoms with Crippen LogP contribution in [0, 0.1) is 12.3 Å². The van der Waals surface area contributed by atoms with Gasteiger partial charge in [0.15, 0.2) is 0 Å². The summed E-state index contributed by atoms with van der Waals surface area (Å²) in [5.74, 6) is 0.669. The molecular weight excluding hydrogens is 222 g/mol. The number of nitrogen functional groups attached to an aromatic ring is 1. The van der Waals surface area contributed by atoms with Gasteiger partial charge in [0.1, 0.15) is 0 Å². The van der Waals surface area contributed by atoms with Gasteiger partial charge in [-0.05, 0) is 43.2 Å². The predicted molar refractivity (Wildman–Crippen MR) is 75.6 cm³/mol. The summed E-state index contributed by atoms with van der Waals surface area (Å²) in [6, 6.07) is 6.83. The van der Waals surface area contributed by atoms with Gasteiger partial charge < -0.3 is 10.3 Å². The van der Waals surface area contributed by atoms with Crippen molar-refractivity contribution in [1.29, 1.82) is 0 Å². The zero-order chi connectivity index (χ0) is 12.9. The first kappa shape index (κ1) is 11.6. The number of nitrogens with zero attached hydrogens (tertiary/aromatic N) is 2. The summed E-state index contributed by atoms with van der Waals surface area (Å²) < 4.78 is 2.25. The Morgan fingerprint density at radius 2 is 2.17 bits per heavy atom. The highest BCUT2D eigenvalue weighted by molar-refractivity contribution is 5.81. The fraction of sp³-hybridized carbons (Fsp3) is 0.533. The van der Waals surface area contributed by atoms with E-state index in [9.17, 15) is 0 Å². The maximum absolute atomic E-state index is 6.14.